The average Bonchev–Trinajstić information content (AvgIpc) is 3.06. The second-order valence-electron chi connectivity index (χ2n) is 11.8. The van der Waals surface area contributed by atoms with Crippen LogP contribution in [0.2, 0.25) is 0 Å². The number of aliphatic hydroxyl groups excluding tert-OH is 4. The molecule has 0 aromatic rings. The van der Waals surface area contributed by atoms with E-state index >= 15 is 0 Å². The van der Waals surface area contributed by atoms with Crippen LogP contribution in [-0.4, -0.2) is 158 Å². The van der Waals surface area contributed by atoms with E-state index in [1.165, 1.54) is 14.2 Å². The Morgan fingerprint density at radius 1 is 0.750 bits per heavy atom. The SMILES string of the molecule is CCC(CO)COC(CO)COC.CCC1C(C(=O)O)OC(COC)C(C)C1O.CCC1C(C(=O)O)OC(COC)C(C)C1O.O=CO. The molecule has 0 bridgehead atoms. The second kappa shape index (κ2) is 27.8. The van der Waals surface area contributed by atoms with E-state index in [4.69, 9.17) is 58.7 Å². The molecule has 0 aromatic heterocycles. The minimum absolute atomic E-state index is 0.0459. The highest BCUT2D eigenvalue weighted by Gasteiger charge is 2.46. The summed E-state index contributed by atoms with van der Waals surface area (Å²) in [5.41, 5.74) is 0. The van der Waals surface area contributed by atoms with Crippen molar-refractivity contribution in [3.8, 4) is 0 Å². The zero-order valence-corrected chi connectivity index (χ0v) is 29.7. The number of rotatable bonds is 16. The highest BCUT2D eigenvalue weighted by Crippen LogP contribution is 2.33. The first kappa shape index (κ1) is 48.1. The van der Waals surface area contributed by atoms with Gasteiger partial charge in [0.2, 0.25) is 0 Å². The number of aliphatic hydroxyl groups is 4. The smallest absolute Gasteiger partial charge is 0.333 e. The number of hydrogen-bond donors (Lipinski definition) is 7. The normalized spacial score (nSPS) is 30.9. The first-order chi connectivity index (χ1) is 22.7. The van der Waals surface area contributed by atoms with Crippen LogP contribution >= 0.6 is 0 Å². The van der Waals surface area contributed by atoms with E-state index < -0.39 is 36.4 Å². The molecule has 12 atom stereocenters. The van der Waals surface area contributed by atoms with Crippen LogP contribution < -0.4 is 0 Å². The Hall–Kier alpha value is -1.99. The van der Waals surface area contributed by atoms with Crippen LogP contribution in [0.15, 0.2) is 0 Å². The fourth-order valence-corrected chi connectivity index (χ4v) is 5.42. The lowest BCUT2D eigenvalue weighted by Crippen LogP contribution is -2.53. The van der Waals surface area contributed by atoms with Gasteiger partial charge in [0.25, 0.3) is 6.47 Å². The van der Waals surface area contributed by atoms with Crippen molar-refractivity contribution in [2.75, 3.05) is 61.0 Å². The van der Waals surface area contributed by atoms with Gasteiger partial charge in [-0.1, -0.05) is 34.6 Å². The maximum absolute atomic E-state index is 11.0. The van der Waals surface area contributed by atoms with Gasteiger partial charge in [0.1, 0.15) is 6.10 Å². The van der Waals surface area contributed by atoms with Gasteiger partial charge in [-0.05, 0) is 19.3 Å². The predicted octanol–water partition coefficient (Wildman–Crippen LogP) is 0.746. The van der Waals surface area contributed by atoms with Gasteiger partial charge in [-0.2, -0.15) is 0 Å². The minimum Gasteiger partial charge on any atom is -0.483 e. The van der Waals surface area contributed by atoms with Gasteiger partial charge in [-0.25, -0.2) is 9.59 Å². The highest BCUT2D eigenvalue weighted by molar-refractivity contribution is 5.73. The average molecular weight is 703 g/mol. The van der Waals surface area contributed by atoms with Crippen LogP contribution in [0.3, 0.4) is 0 Å². The molecular formula is C32H62O16. The molecule has 286 valence electrons. The monoisotopic (exact) mass is 702 g/mol. The zero-order chi connectivity index (χ0) is 37.4. The Labute approximate surface area is 284 Å². The Morgan fingerprint density at radius 2 is 1.15 bits per heavy atom. The summed E-state index contributed by atoms with van der Waals surface area (Å²) in [4.78, 5) is 30.5. The molecule has 2 aliphatic rings. The fourth-order valence-electron chi connectivity index (χ4n) is 5.42. The molecule has 0 spiro atoms. The first-order valence-electron chi connectivity index (χ1n) is 16.3. The maximum atomic E-state index is 11.0. The van der Waals surface area contributed by atoms with E-state index in [0.717, 1.165) is 6.42 Å². The molecular weight excluding hydrogens is 640 g/mol. The van der Waals surface area contributed by atoms with E-state index in [1.807, 2.05) is 34.6 Å². The Bertz CT molecular complexity index is 774. The second-order valence-corrected chi connectivity index (χ2v) is 11.8. The molecule has 7 N–H and O–H groups in total. The fraction of sp³-hybridized carbons (Fsp3) is 0.906. The number of carboxylic acids is 2. The van der Waals surface area contributed by atoms with E-state index in [9.17, 15) is 19.8 Å². The molecule has 0 aromatic carbocycles. The molecule has 2 heterocycles. The molecule has 16 nitrogen and oxygen atoms in total. The minimum atomic E-state index is -1.01. The van der Waals surface area contributed by atoms with Gasteiger partial charge in [-0.15, -0.1) is 0 Å². The van der Waals surface area contributed by atoms with Gasteiger partial charge in [0.15, 0.2) is 12.2 Å². The van der Waals surface area contributed by atoms with Crippen LogP contribution in [0.25, 0.3) is 0 Å². The number of methoxy groups -OCH3 is 3. The van der Waals surface area contributed by atoms with Gasteiger partial charge in [0, 0.05) is 57.5 Å². The largest absolute Gasteiger partial charge is 0.483 e. The molecule has 48 heavy (non-hydrogen) atoms. The van der Waals surface area contributed by atoms with Crippen molar-refractivity contribution >= 4 is 18.4 Å². The van der Waals surface area contributed by atoms with Crippen LogP contribution in [0.1, 0.15) is 53.9 Å². The summed E-state index contributed by atoms with van der Waals surface area (Å²) in [5.74, 6) is -2.79. The lowest BCUT2D eigenvalue weighted by atomic mass is 9.80. The summed E-state index contributed by atoms with van der Waals surface area (Å²) in [5, 5.41) is 62.8. The topological polar surface area (TPSA) is 248 Å². The summed E-state index contributed by atoms with van der Waals surface area (Å²) < 4.78 is 31.1. The number of carboxylic acid groups (broad SMARTS) is 3. The van der Waals surface area contributed by atoms with Gasteiger partial charge < -0.3 is 64.2 Å². The number of ether oxygens (including phenoxy) is 6. The standard InChI is InChI=1S/2C11H20O5.C9H20O4.CH2O2/c2*1-4-7-9(12)6(2)8(5-15-3)16-10(7)11(13)14;1-3-8(4-10)6-13-9(5-11)7-12-2;2-1-3/h2*6-10,12H,4-5H2,1-3H3,(H,13,14);8-11H,3-7H2,1-2H3;1H,(H,2,3). The molecule has 2 fully saturated rings. The molecule has 16 heteroatoms. The van der Waals surface area contributed by atoms with Crippen molar-refractivity contribution in [2.45, 2.75) is 96.6 Å². The zero-order valence-electron chi connectivity index (χ0n) is 29.7. The van der Waals surface area contributed by atoms with Gasteiger partial charge in [-0.3, -0.25) is 4.79 Å². The van der Waals surface area contributed by atoms with E-state index in [2.05, 4.69) is 0 Å². The molecule has 12 unspecified atom stereocenters. The molecule has 0 saturated carbocycles. The van der Waals surface area contributed by atoms with Crippen LogP contribution in [0.4, 0.5) is 0 Å². The van der Waals surface area contributed by atoms with Crippen LogP contribution in [0.5, 0.6) is 0 Å². The molecule has 2 rings (SSSR count). The number of hydrogen-bond acceptors (Lipinski definition) is 13. The predicted molar refractivity (Wildman–Crippen MR) is 173 cm³/mol. The summed E-state index contributed by atoms with van der Waals surface area (Å²) >= 11 is 0. The van der Waals surface area contributed by atoms with E-state index in [-0.39, 0.29) is 67.6 Å². The summed E-state index contributed by atoms with van der Waals surface area (Å²) in [6.45, 7) is 10.7. The molecule has 2 aliphatic heterocycles. The number of aliphatic carboxylic acids is 2. The third-order valence-corrected chi connectivity index (χ3v) is 8.60. The van der Waals surface area contributed by atoms with Gasteiger partial charge >= 0.3 is 11.9 Å². The quantitative estimate of drug-likeness (QED) is 0.110. The van der Waals surface area contributed by atoms with Crippen molar-refractivity contribution in [3.05, 3.63) is 0 Å². The summed E-state index contributed by atoms with van der Waals surface area (Å²) in [6.07, 6.45) is -2.11. The number of carbonyl (C=O) groups is 3. The van der Waals surface area contributed by atoms with Crippen LogP contribution in [-0.2, 0) is 42.8 Å². The molecule has 2 saturated heterocycles. The summed E-state index contributed by atoms with van der Waals surface area (Å²) in [7, 11) is 4.63. The van der Waals surface area contributed by atoms with Crippen molar-refractivity contribution in [1.82, 2.24) is 0 Å². The highest BCUT2D eigenvalue weighted by atomic mass is 16.6. The van der Waals surface area contributed by atoms with E-state index in [1.54, 1.807) is 7.11 Å². The van der Waals surface area contributed by atoms with Crippen LogP contribution in [0, 0.1) is 29.6 Å². The van der Waals surface area contributed by atoms with Gasteiger partial charge in [0.05, 0.1) is 57.5 Å². The van der Waals surface area contributed by atoms with E-state index in [0.29, 0.717) is 39.3 Å². The maximum Gasteiger partial charge on any atom is 0.333 e. The lowest BCUT2D eigenvalue weighted by Gasteiger charge is -2.41. The third kappa shape index (κ3) is 16.6. The lowest BCUT2D eigenvalue weighted by molar-refractivity contribution is -0.200. The Morgan fingerprint density at radius 3 is 1.40 bits per heavy atom. The molecule has 0 aliphatic carbocycles. The third-order valence-electron chi connectivity index (χ3n) is 8.60. The van der Waals surface area contributed by atoms with Crippen molar-refractivity contribution < 1.29 is 78.6 Å². The summed E-state index contributed by atoms with van der Waals surface area (Å²) in [6, 6.07) is 0. The Balaban J connectivity index is 0. The molecule has 0 amide bonds. The Kier molecular flexibility index (Phi) is 27.9. The van der Waals surface area contributed by atoms with Crippen molar-refractivity contribution in [1.29, 1.82) is 0 Å². The van der Waals surface area contributed by atoms with Crippen molar-refractivity contribution in [2.24, 2.45) is 29.6 Å². The molecule has 0 radical (unpaired) electrons. The first-order valence-corrected chi connectivity index (χ1v) is 16.3. The van der Waals surface area contributed by atoms with Crippen molar-refractivity contribution in [3.63, 3.8) is 0 Å².